The van der Waals surface area contributed by atoms with Crippen LogP contribution < -0.4 is 14.4 Å². The molecule has 9 nitrogen and oxygen atoms in total. The fraction of sp³-hybridized carbons (Fsp3) is 0.318. The van der Waals surface area contributed by atoms with Crippen molar-refractivity contribution < 1.29 is 27.5 Å². The number of amides is 1. The first kappa shape index (κ1) is 24.8. The van der Waals surface area contributed by atoms with Crippen molar-refractivity contribution in [3.05, 3.63) is 54.6 Å². The monoisotopic (exact) mass is 459 g/mol. The fourth-order valence-electron chi connectivity index (χ4n) is 2.73. The molecule has 2 aromatic carbocycles. The number of nitriles is 1. The molecule has 1 unspecified atom stereocenters. The Morgan fingerprint density at radius 1 is 1.12 bits per heavy atom. The number of anilines is 1. The minimum Gasteiger partial charge on any atom is -0.494 e. The van der Waals surface area contributed by atoms with Gasteiger partial charge in [0, 0.05) is 12.2 Å². The zero-order chi connectivity index (χ0) is 23.6. The predicted octanol–water partition coefficient (Wildman–Crippen LogP) is 2.24. The van der Waals surface area contributed by atoms with Crippen LogP contribution in [-0.4, -0.2) is 46.1 Å². The van der Waals surface area contributed by atoms with Gasteiger partial charge in [0.25, 0.3) is 5.91 Å². The molecule has 2 aromatic rings. The van der Waals surface area contributed by atoms with Gasteiger partial charge in [0.2, 0.25) is 10.0 Å². The summed E-state index contributed by atoms with van der Waals surface area (Å²) in [4.78, 5) is 26.3. The van der Waals surface area contributed by atoms with Gasteiger partial charge >= 0.3 is 5.97 Å². The first-order valence-corrected chi connectivity index (χ1v) is 11.4. The highest BCUT2D eigenvalue weighted by molar-refractivity contribution is 7.89. The van der Waals surface area contributed by atoms with Crippen LogP contribution in [0.4, 0.5) is 5.69 Å². The summed E-state index contributed by atoms with van der Waals surface area (Å²) in [6, 6.07) is 15.1. The van der Waals surface area contributed by atoms with E-state index in [0.717, 1.165) is 0 Å². The van der Waals surface area contributed by atoms with E-state index >= 15 is 0 Å². The Balaban J connectivity index is 2.00. The van der Waals surface area contributed by atoms with Crippen molar-refractivity contribution in [2.45, 2.75) is 31.2 Å². The van der Waals surface area contributed by atoms with Crippen molar-refractivity contribution >= 4 is 27.6 Å². The van der Waals surface area contributed by atoms with Gasteiger partial charge in [0.15, 0.2) is 6.61 Å². The molecule has 0 radical (unpaired) electrons. The van der Waals surface area contributed by atoms with Crippen LogP contribution in [0.15, 0.2) is 59.5 Å². The molecule has 0 fully saturated rings. The van der Waals surface area contributed by atoms with Crippen LogP contribution in [0.1, 0.15) is 20.3 Å². The smallest absolute Gasteiger partial charge is 0.324 e. The van der Waals surface area contributed by atoms with Crippen LogP contribution in [0.3, 0.4) is 0 Å². The van der Waals surface area contributed by atoms with Crippen LogP contribution in [-0.2, 0) is 24.3 Å². The molecule has 2 rings (SSSR count). The number of rotatable bonds is 11. The minimum absolute atomic E-state index is 0.00824. The second kappa shape index (κ2) is 11.8. The molecule has 0 saturated heterocycles. The summed E-state index contributed by atoms with van der Waals surface area (Å²) < 4.78 is 37.3. The van der Waals surface area contributed by atoms with Crippen LogP contribution in [0.25, 0.3) is 0 Å². The van der Waals surface area contributed by atoms with Gasteiger partial charge < -0.3 is 14.4 Å². The zero-order valence-corrected chi connectivity index (χ0v) is 18.7. The first-order chi connectivity index (χ1) is 15.3. The number of benzene rings is 2. The number of carbonyl (C=O) groups is 2. The van der Waals surface area contributed by atoms with Gasteiger partial charge in [-0.15, -0.1) is 0 Å². The minimum atomic E-state index is -3.92. The Labute approximate surface area is 187 Å². The highest BCUT2D eigenvalue weighted by Crippen LogP contribution is 2.20. The maximum absolute atomic E-state index is 12.7. The molecule has 0 aliphatic rings. The van der Waals surface area contributed by atoms with Crippen LogP contribution in [0.5, 0.6) is 5.75 Å². The Bertz CT molecular complexity index is 1050. The Kier molecular flexibility index (Phi) is 9.19. The molecular weight excluding hydrogens is 434 g/mol. The molecule has 0 bridgehead atoms. The molecule has 1 amide bonds. The maximum Gasteiger partial charge on any atom is 0.324 e. The van der Waals surface area contributed by atoms with Crippen LogP contribution in [0, 0.1) is 11.3 Å². The lowest BCUT2D eigenvalue weighted by atomic mass is 10.2. The second-order valence-corrected chi connectivity index (χ2v) is 8.36. The Morgan fingerprint density at radius 3 is 2.38 bits per heavy atom. The van der Waals surface area contributed by atoms with Crippen molar-refractivity contribution in [3.63, 3.8) is 0 Å². The van der Waals surface area contributed by atoms with E-state index in [1.165, 1.54) is 24.0 Å². The number of sulfonamides is 1. The zero-order valence-electron chi connectivity index (χ0n) is 17.9. The highest BCUT2D eigenvalue weighted by atomic mass is 32.2. The number of esters is 1. The van der Waals surface area contributed by atoms with Crippen molar-refractivity contribution in [1.82, 2.24) is 4.72 Å². The van der Waals surface area contributed by atoms with E-state index in [9.17, 15) is 18.0 Å². The van der Waals surface area contributed by atoms with Crippen molar-refractivity contribution in [3.8, 4) is 11.8 Å². The molecule has 1 atom stereocenters. The molecule has 0 spiro atoms. The van der Waals surface area contributed by atoms with E-state index in [1.54, 1.807) is 42.5 Å². The lowest BCUT2D eigenvalue weighted by molar-refractivity contribution is -0.149. The normalized spacial score (nSPS) is 11.8. The van der Waals surface area contributed by atoms with Gasteiger partial charge in [0.05, 0.1) is 24.0 Å². The standard InChI is InChI=1S/C22H25N3O6S/c1-3-30-19-12-10-18(11-13-19)25(15-7-14-23)21(26)16-31-22(27)17(2)24-32(28,29)20-8-5-4-6-9-20/h4-6,8-13,17,24H,3,7,15-16H2,1-2H3. The molecule has 0 aromatic heterocycles. The Morgan fingerprint density at radius 2 is 1.78 bits per heavy atom. The number of hydrogen-bond donors (Lipinski definition) is 1. The van der Waals surface area contributed by atoms with Crippen molar-refractivity contribution in [2.75, 3.05) is 24.7 Å². The van der Waals surface area contributed by atoms with Crippen molar-refractivity contribution in [2.24, 2.45) is 0 Å². The third kappa shape index (κ3) is 7.08. The summed E-state index contributed by atoms with van der Waals surface area (Å²) >= 11 is 0. The fourth-order valence-corrected chi connectivity index (χ4v) is 3.95. The molecule has 10 heteroatoms. The lowest BCUT2D eigenvalue weighted by Gasteiger charge is -2.22. The number of nitrogens with zero attached hydrogens (tertiary/aromatic N) is 2. The number of ether oxygens (including phenoxy) is 2. The lowest BCUT2D eigenvalue weighted by Crippen LogP contribution is -2.41. The van der Waals surface area contributed by atoms with Crippen LogP contribution >= 0.6 is 0 Å². The number of hydrogen-bond acceptors (Lipinski definition) is 7. The van der Waals surface area contributed by atoms with Gasteiger partial charge in [-0.1, -0.05) is 18.2 Å². The van der Waals surface area contributed by atoms with E-state index in [2.05, 4.69) is 4.72 Å². The van der Waals surface area contributed by atoms with E-state index < -0.39 is 34.5 Å². The van der Waals surface area contributed by atoms with E-state index in [-0.39, 0.29) is 17.9 Å². The third-order valence-corrected chi connectivity index (χ3v) is 5.84. The van der Waals surface area contributed by atoms with E-state index in [0.29, 0.717) is 18.0 Å². The molecule has 0 heterocycles. The Hall–Kier alpha value is -3.42. The summed E-state index contributed by atoms with van der Waals surface area (Å²) in [6.07, 6.45) is 0.0835. The molecule has 0 aliphatic heterocycles. The SMILES string of the molecule is CCOc1ccc(N(CCC#N)C(=O)COC(=O)C(C)NS(=O)(=O)c2ccccc2)cc1. The largest absolute Gasteiger partial charge is 0.494 e. The quantitative estimate of drug-likeness (QED) is 0.511. The molecule has 32 heavy (non-hydrogen) atoms. The van der Waals surface area contributed by atoms with Crippen molar-refractivity contribution in [1.29, 1.82) is 5.26 Å². The van der Waals surface area contributed by atoms with E-state index in [1.807, 2.05) is 13.0 Å². The molecular formula is C22H25N3O6S. The number of carbonyl (C=O) groups excluding carboxylic acids is 2. The average molecular weight is 460 g/mol. The summed E-state index contributed by atoms with van der Waals surface area (Å²) in [5, 5.41) is 8.89. The summed E-state index contributed by atoms with van der Waals surface area (Å²) in [5.74, 6) is -0.810. The predicted molar refractivity (Wildman–Crippen MR) is 117 cm³/mol. The topological polar surface area (TPSA) is 126 Å². The van der Waals surface area contributed by atoms with Gasteiger partial charge in [0.1, 0.15) is 11.8 Å². The first-order valence-electron chi connectivity index (χ1n) is 9.92. The van der Waals surface area contributed by atoms with E-state index in [4.69, 9.17) is 14.7 Å². The summed E-state index contributed by atoms with van der Waals surface area (Å²) in [6.45, 7) is 3.18. The summed E-state index contributed by atoms with van der Waals surface area (Å²) in [7, 11) is -3.92. The second-order valence-electron chi connectivity index (χ2n) is 6.64. The van der Waals surface area contributed by atoms with Crippen LogP contribution in [0.2, 0.25) is 0 Å². The van der Waals surface area contributed by atoms with Gasteiger partial charge in [-0.2, -0.15) is 9.98 Å². The van der Waals surface area contributed by atoms with Gasteiger partial charge in [-0.3, -0.25) is 9.59 Å². The van der Waals surface area contributed by atoms with Gasteiger partial charge in [-0.25, -0.2) is 8.42 Å². The molecule has 0 aliphatic carbocycles. The third-order valence-electron chi connectivity index (χ3n) is 4.28. The molecule has 0 saturated carbocycles. The highest BCUT2D eigenvalue weighted by Gasteiger charge is 2.25. The summed E-state index contributed by atoms with van der Waals surface area (Å²) in [5.41, 5.74) is 0.516. The molecule has 1 N–H and O–H groups in total. The van der Waals surface area contributed by atoms with Gasteiger partial charge in [-0.05, 0) is 50.2 Å². The maximum atomic E-state index is 12.7. The molecule has 170 valence electrons. The average Bonchev–Trinajstić information content (AvgIpc) is 2.79. The number of nitrogens with one attached hydrogen (secondary N) is 1.